The summed E-state index contributed by atoms with van der Waals surface area (Å²) in [5, 5.41) is 3.29. The smallest absolute Gasteiger partial charge is 0.251 e. The van der Waals surface area contributed by atoms with Crippen LogP contribution in [0.2, 0.25) is 5.02 Å². The molecule has 0 saturated carbocycles. The van der Waals surface area contributed by atoms with Crippen LogP contribution in [0.5, 0.6) is 11.5 Å². The number of carbonyl (C=O) groups is 1. The summed E-state index contributed by atoms with van der Waals surface area (Å²) in [5.74, 6) is 1.13. The first kappa shape index (κ1) is 19.8. The van der Waals surface area contributed by atoms with E-state index in [1.54, 1.807) is 12.1 Å². The van der Waals surface area contributed by atoms with Gasteiger partial charge in [0, 0.05) is 31.7 Å². The Balaban J connectivity index is 1.95. The van der Waals surface area contributed by atoms with Gasteiger partial charge in [0.25, 0.3) is 5.91 Å². The van der Waals surface area contributed by atoms with E-state index in [9.17, 15) is 4.79 Å². The number of ether oxygens (including phenoxy) is 3. The van der Waals surface area contributed by atoms with Crippen LogP contribution < -0.4 is 14.8 Å². The molecule has 1 amide bonds. The van der Waals surface area contributed by atoms with Crippen molar-refractivity contribution in [3.8, 4) is 11.5 Å². The van der Waals surface area contributed by atoms with E-state index >= 15 is 0 Å². The van der Waals surface area contributed by atoms with Gasteiger partial charge >= 0.3 is 0 Å². The number of amides is 1. The molecule has 1 aliphatic rings. The first-order valence-electron chi connectivity index (χ1n) is 8.60. The Hall–Kier alpha value is -1.50. The highest BCUT2D eigenvalue weighted by Gasteiger charge is 2.17. The maximum absolute atomic E-state index is 12.4. The number of hydrogen-bond donors (Lipinski definition) is 1. The van der Waals surface area contributed by atoms with Crippen LogP contribution >= 0.6 is 11.6 Å². The topological polar surface area (TPSA) is 60.0 Å². The van der Waals surface area contributed by atoms with E-state index in [0.29, 0.717) is 41.2 Å². The van der Waals surface area contributed by atoms with Crippen molar-refractivity contribution in [3.05, 3.63) is 22.7 Å². The number of nitrogens with zero attached hydrogens (tertiary/aromatic N) is 1. The van der Waals surface area contributed by atoms with E-state index in [0.717, 1.165) is 32.8 Å². The van der Waals surface area contributed by atoms with Crippen LogP contribution in [0.3, 0.4) is 0 Å². The highest BCUT2D eigenvalue weighted by atomic mass is 35.5. The number of morpholine rings is 1. The highest BCUT2D eigenvalue weighted by Crippen LogP contribution is 2.36. The van der Waals surface area contributed by atoms with Gasteiger partial charge in [0.15, 0.2) is 11.5 Å². The molecular formula is C18H27ClN2O4. The summed E-state index contributed by atoms with van der Waals surface area (Å²) in [6.45, 7) is 9.31. The number of hydrogen-bond acceptors (Lipinski definition) is 5. The lowest BCUT2D eigenvalue weighted by molar-refractivity contribution is 0.0383. The van der Waals surface area contributed by atoms with Gasteiger partial charge in [0.1, 0.15) is 0 Å². The first-order valence-corrected chi connectivity index (χ1v) is 8.97. The largest absolute Gasteiger partial charge is 0.493 e. The summed E-state index contributed by atoms with van der Waals surface area (Å²) in [5.41, 5.74) is 0.459. The lowest BCUT2D eigenvalue weighted by Gasteiger charge is -2.26. The third-order valence-corrected chi connectivity index (χ3v) is 4.15. The number of methoxy groups -OCH3 is 1. The van der Waals surface area contributed by atoms with Crippen LogP contribution in [0.4, 0.5) is 0 Å². The molecule has 1 heterocycles. The molecule has 1 N–H and O–H groups in total. The Kier molecular flexibility index (Phi) is 7.81. The zero-order chi connectivity index (χ0) is 18.2. The normalized spacial score (nSPS) is 15.2. The van der Waals surface area contributed by atoms with Crippen LogP contribution in [-0.4, -0.2) is 63.9 Å². The van der Waals surface area contributed by atoms with E-state index in [-0.39, 0.29) is 5.91 Å². The molecule has 6 nitrogen and oxygen atoms in total. The Labute approximate surface area is 154 Å². The van der Waals surface area contributed by atoms with Gasteiger partial charge in [0.2, 0.25) is 0 Å². The van der Waals surface area contributed by atoms with Gasteiger partial charge in [-0.3, -0.25) is 9.69 Å². The van der Waals surface area contributed by atoms with E-state index in [1.807, 2.05) is 0 Å². The predicted octanol–water partition coefficient (Wildman–Crippen LogP) is 2.45. The Morgan fingerprint density at radius 3 is 2.72 bits per heavy atom. The van der Waals surface area contributed by atoms with E-state index in [4.69, 9.17) is 25.8 Å². The second kappa shape index (κ2) is 9.85. The molecule has 0 aromatic heterocycles. The molecular weight excluding hydrogens is 344 g/mol. The van der Waals surface area contributed by atoms with Crippen molar-refractivity contribution >= 4 is 17.5 Å². The molecule has 1 saturated heterocycles. The molecule has 0 radical (unpaired) electrons. The average Bonchev–Trinajstić information content (AvgIpc) is 2.60. The standard InChI is InChI=1S/C18H27ClN2O4/c1-13(2)12-25-17-15(19)10-14(11-16(17)23-3)18(22)20-4-5-21-6-8-24-9-7-21/h10-11,13H,4-9,12H2,1-3H3,(H,20,22). The van der Waals surface area contributed by atoms with Gasteiger partial charge in [-0.25, -0.2) is 0 Å². The minimum atomic E-state index is -0.177. The quantitative estimate of drug-likeness (QED) is 0.761. The van der Waals surface area contributed by atoms with E-state index < -0.39 is 0 Å². The van der Waals surface area contributed by atoms with Crippen LogP contribution in [0.1, 0.15) is 24.2 Å². The zero-order valence-electron chi connectivity index (χ0n) is 15.1. The molecule has 0 bridgehead atoms. The Morgan fingerprint density at radius 1 is 1.36 bits per heavy atom. The van der Waals surface area contributed by atoms with Crippen LogP contribution in [0.25, 0.3) is 0 Å². The summed E-state index contributed by atoms with van der Waals surface area (Å²) in [6, 6.07) is 3.27. The lowest BCUT2D eigenvalue weighted by atomic mass is 10.1. The second-order valence-electron chi connectivity index (χ2n) is 6.40. The molecule has 25 heavy (non-hydrogen) atoms. The van der Waals surface area contributed by atoms with Gasteiger partial charge in [-0.1, -0.05) is 25.4 Å². The molecule has 0 atom stereocenters. The summed E-state index contributed by atoms with van der Waals surface area (Å²) in [7, 11) is 1.54. The number of nitrogens with one attached hydrogen (secondary N) is 1. The van der Waals surface area contributed by atoms with Crippen LogP contribution in [0.15, 0.2) is 12.1 Å². The van der Waals surface area contributed by atoms with Crippen LogP contribution in [-0.2, 0) is 4.74 Å². The summed E-state index contributed by atoms with van der Waals surface area (Å²) in [6.07, 6.45) is 0. The zero-order valence-corrected chi connectivity index (χ0v) is 15.9. The molecule has 7 heteroatoms. The Bertz CT molecular complexity index is 574. The minimum Gasteiger partial charge on any atom is -0.493 e. The number of carbonyl (C=O) groups excluding carboxylic acids is 1. The maximum atomic E-state index is 12.4. The second-order valence-corrected chi connectivity index (χ2v) is 6.81. The summed E-state index contributed by atoms with van der Waals surface area (Å²) >= 11 is 6.29. The molecule has 140 valence electrons. The fourth-order valence-electron chi connectivity index (χ4n) is 2.50. The van der Waals surface area contributed by atoms with Crippen LogP contribution in [0, 0.1) is 5.92 Å². The van der Waals surface area contributed by atoms with Gasteiger partial charge < -0.3 is 19.5 Å². The average molecular weight is 371 g/mol. The lowest BCUT2D eigenvalue weighted by Crippen LogP contribution is -2.41. The molecule has 1 aliphatic heterocycles. The minimum absolute atomic E-state index is 0.177. The van der Waals surface area contributed by atoms with E-state index in [1.165, 1.54) is 7.11 Å². The van der Waals surface area contributed by atoms with Crippen molar-refractivity contribution in [2.75, 3.05) is 53.1 Å². The van der Waals surface area contributed by atoms with Gasteiger partial charge in [-0.2, -0.15) is 0 Å². The van der Waals surface area contributed by atoms with Crippen molar-refractivity contribution < 1.29 is 19.0 Å². The number of halogens is 1. The summed E-state index contributed by atoms with van der Waals surface area (Å²) in [4.78, 5) is 14.6. The Morgan fingerprint density at radius 2 is 2.08 bits per heavy atom. The van der Waals surface area contributed by atoms with Gasteiger partial charge in [-0.15, -0.1) is 0 Å². The first-order chi connectivity index (χ1) is 12.0. The summed E-state index contributed by atoms with van der Waals surface area (Å²) < 4.78 is 16.4. The molecule has 1 fully saturated rings. The molecule has 0 unspecified atom stereocenters. The van der Waals surface area contributed by atoms with Gasteiger partial charge in [-0.05, 0) is 18.1 Å². The third-order valence-electron chi connectivity index (χ3n) is 3.87. The van der Waals surface area contributed by atoms with E-state index in [2.05, 4.69) is 24.1 Å². The maximum Gasteiger partial charge on any atom is 0.251 e. The highest BCUT2D eigenvalue weighted by molar-refractivity contribution is 6.32. The van der Waals surface area contributed by atoms with Crippen molar-refractivity contribution in [2.24, 2.45) is 5.92 Å². The third kappa shape index (κ3) is 6.06. The molecule has 1 aromatic carbocycles. The van der Waals surface area contributed by atoms with Gasteiger partial charge in [0.05, 0.1) is 32.0 Å². The number of rotatable bonds is 8. The molecule has 1 aromatic rings. The molecule has 0 spiro atoms. The van der Waals surface area contributed by atoms with Crippen molar-refractivity contribution in [1.82, 2.24) is 10.2 Å². The van der Waals surface area contributed by atoms with Crippen molar-refractivity contribution in [3.63, 3.8) is 0 Å². The fraction of sp³-hybridized carbons (Fsp3) is 0.611. The van der Waals surface area contributed by atoms with Crippen molar-refractivity contribution in [2.45, 2.75) is 13.8 Å². The number of benzene rings is 1. The predicted molar refractivity (Wildman–Crippen MR) is 97.9 cm³/mol. The molecule has 2 rings (SSSR count). The SMILES string of the molecule is COc1cc(C(=O)NCCN2CCOCC2)cc(Cl)c1OCC(C)C. The molecule has 0 aliphatic carbocycles. The monoisotopic (exact) mass is 370 g/mol. The fourth-order valence-corrected chi connectivity index (χ4v) is 2.76. The van der Waals surface area contributed by atoms with Crippen molar-refractivity contribution in [1.29, 1.82) is 0 Å².